The molecule has 19 heavy (non-hydrogen) atoms. The first-order chi connectivity index (χ1) is 8.69. The van der Waals surface area contributed by atoms with Crippen molar-refractivity contribution in [1.82, 2.24) is 4.90 Å². The van der Waals surface area contributed by atoms with Crippen LogP contribution in [-0.2, 0) is 4.79 Å². The number of benzene rings is 1. The van der Waals surface area contributed by atoms with Crippen molar-refractivity contribution >= 4 is 24.0 Å². The lowest BCUT2D eigenvalue weighted by Gasteiger charge is -2.15. The monoisotopic (exact) mass is 285 g/mol. The van der Waals surface area contributed by atoms with Crippen LogP contribution in [0, 0.1) is 0 Å². The molecule has 1 amide bonds. The van der Waals surface area contributed by atoms with Crippen LogP contribution in [0.3, 0.4) is 0 Å². The molecule has 1 aromatic rings. The van der Waals surface area contributed by atoms with E-state index in [4.69, 9.17) is 10.5 Å². The molecule has 3 N–H and O–H groups in total. The lowest BCUT2D eigenvalue weighted by molar-refractivity contribution is -0.117. The van der Waals surface area contributed by atoms with Crippen molar-refractivity contribution < 1.29 is 9.53 Å². The fourth-order valence-electron chi connectivity index (χ4n) is 2.15. The highest BCUT2D eigenvalue weighted by Crippen LogP contribution is 2.22. The van der Waals surface area contributed by atoms with Gasteiger partial charge in [0.15, 0.2) is 0 Å². The Morgan fingerprint density at radius 1 is 1.53 bits per heavy atom. The van der Waals surface area contributed by atoms with Crippen molar-refractivity contribution in [1.29, 1.82) is 0 Å². The van der Waals surface area contributed by atoms with Crippen LogP contribution in [0.5, 0.6) is 5.75 Å². The summed E-state index contributed by atoms with van der Waals surface area (Å²) in [4.78, 5) is 14.0. The summed E-state index contributed by atoms with van der Waals surface area (Å²) in [6.45, 7) is 2.06. The quantitative estimate of drug-likeness (QED) is 0.869. The fourth-order valence-corrected chi connectivity index (χ4v) is 2.15. The van der Waals surface area contributed by atoms with Crippen LogP contribution in [0.15, 0.2) is 24.3 Å². The minimum absolute atomic E-state index is 0. The van der Waals surface area contributed by atoms with Gasteiger partial charge in [0.2, 0.25) is 5.91 Å². The van der Waals surface area contributed by atoms with Crippen LogP contribution in [0.1, 0.15) is 6.42 Å². The Morgan fingerprint density at radius 3 is 2.89 bits per heavy atom. The van der Waals surface area contributed by atoms with Gasteiger partial charge >= 0.3 is 0 Å². The number of amides is 1. The first kappa shape index (κ1) is 15.8. The normalized spacial score (nSPS) is 18.7. The summed E-state index contributed by atoms with van der Waals surface area (Å²) in [6, 6.07) is 7.58. The number of para-hydroxylation sites is 2. The number of anilines is 1. The molecule has 5 nitrogen and oxygen atoms in total. The summed E-state index contributed by atoms with van der Waals surface area (Å²) in [7, 11) is 1.59. The predicted molar refractivity (Wildman–Crippen MR) is 77.9 cm³/mol. The van der Waals surface area contributed by atoms with Crippen LogP contribution in [0.4, 0.5) is 5.69 Å². The summed E-state index contributed by atoms with van der Waals surface area (Å²) in [6.07, 6.45) is 0.960. The van der Waals surface area contributed by atoms with Gasteiger partial charge in [-0.2, -0.15) is 0 Å². The van der Waals surface area contributed by atoms with Gasteiger partial charge in [0.05, 0.1) is 19.3 Å². The SMILES string of the molecule is COc1ccccc1NC(=O)CN1CC[C@@H](N)C1.Cl. The molecule has 6 heteroatoms. The average molecular weight is 286 g/mol. The van der Waals surface area contributed by atoms with Gasteiger partial charge in [-0.25, -0.2) is 0 Å². The number of carbonyl (C=O) groups is 1. The van der Waals surface area contributed by atoms with Crippen molar-refractivity contribution in [3.05, 3.63) is 24.3 Å². The van der Waals surface area contributed by atoms with Gasteiger partial charge in [0.25, 0.3) is 0 Å². The van der Waals surface area contributed by atoms with E-state index in [0.717, 1.165) is 19.5 Å². The van der Waals surface area contributed by atoms with Crippen LogP contribution < -0.4 is 15.8 Å². The van der Waals surface area contributed by atoms with E-state index in [0.29, 0.717) is 18.0 Å². The number of halogens is 1. The molecule has 0 bridgehead atoms. The third kappa shape index (κ3) is 4.38. The molecule has 1 aromatic carbocycles. The molecular formula is C13H20ClN3O2. The summed E-state index contributed by atoms with van der Waals surface area (Å²) in [5.74, 6) is 0.637. The highest BCUT2D eigenvalue weighted by Gasteiger charge is 2.21. The summed E-state index contributed by atoms with van der Waals surface area (Å²) < 4.78 is 5.18. The van der Waals surface area contributed by atoms with Crippen LogP contribution in [0.25, 0.3) is 0 Å². The molecule has 0 aromatic heterocycles. The Labute approximate surface area is 119 Å². The Balaban J connectivity index is 0.00000180. The number of hydrogen-bond donors (Lipinski definition) is 2. The number of carbonyl (C=O) groups excluding carboxylic acids is 1. The van der Waals surface area contributed by atoms with E-state index in [9.17, 15) is 4.79 Å². The number of rotatable bonds is 4. The number of nitrogens with two attached hydrogens (primary N) is 1. The van der Waals surface area contributed by atoms with Gasteiger partial charge in [-0.3, -0.25) is 9.69 Å². The van der Waals surface area contributed by atoms with Crippen molar-refractivity contribution in [3.8, 4) is 5.75 Å². The van der Waals surface area contributed by atoms with E-state index in [1.165, 1.54) is 0 Å². The zero-order valence-electron chi connectivity index (χ0n) is 11.0. The molecule has 0 radical (unpaired) electrons. The first-order valence-corrected chi connectivity index (χ1v) is 6.10. The van der Waals surface area contributed by atoms with Crippen LogP contribution in [-0.4, -0.2) is 43.6 Å². The molecule has 1 heterocycles. The van der Waals surface area contributed by atoms with E-state index in [1.807, 2.05) is 24.3 Å². The van der Waals surface area contributed by atoms with E-state index in [2.05, 4.69) is 10.2 Å². The second-order valence-corrected chi connectivity index (χ2v) is 4.53. The summed E-state index contributed by atoms with van der Waals surface area (Å²) in [5, 5.41) is 2.86. The van der Waals surface area contributed by atoms with Crippen LogP contribution >= 0.6 is 12.4 Å². The maximum atomic E-state index is 11.9. The van der Waals surface area contributed by atoms with Crippen LogP contribution in [0.2, 0.25) is 0 Å². The number of nitrogens with one attached hydrogen (secondary N) is 1. The van der Waals surface area contributed by atoms with E-state index < -0.39 is 0 Å². The lowest BCUT2D eigenvalue weighted by Crippen LogP contribution is -2.33. The van der Waals surface area contributed by atoms with Crippen molar-refractivity contribution in [2.24, 2.45) is 5.73 Å². The molecule has 0 aliphatic carbocycles. The van der Waals surface area contributed by atoms with Gasteiger partial charge in [-0.1, -0.05) is 12.1 Å². The molecule has 0 spiro atoms. The minimum atomic E-state index is -0.0337. The summed E-state index contributed by atoms with van der Waals surface area (Å²) in [5.41, 5.74) is 6.51. The molecule has 106 valence electrons. The van der Waals surface area contributed by atoms with E-state index in [1.54, 1.807) is 7.11 Å². The molecular weight excluding hydrogens is 266 g/mol. The zero-order valence-corrected chi connectivity index (χ0v) is 11.8. The average Bonchev–Trinajstić information content (AvgIpc) is 2.75. The topological polar surface area (TPSA) is 67.6 Å². The van der Waals surface area contributed by atoms with Gasteiger partial charge in [-0.15, -0.1) is 12.4 Å². The maximum absolute atomic E-state index is 11.9. The molecule has 1 aliphatic heterocycles. The summed E-state index contributed by atoms with van der Waals surface area (Å²) >= 11 is 0. The number of nitrogens with zero attached hydrogens (tertiary/aromatic N) is 1. The van der Waals surface area contributed by atoms with Crippen molar-refractivity contribution in [3.63, 3.8) is 0 Å². The number of hydrogen-bond acceptors (Lipinski definition) is 4. The number of likely N-dealkylation sites (tertiary alicyclic amines) is 1. The number of ether oxygens (including phenoxy) is 1. The maximum Gasteiger partial charge on any atom is 0.238 e. The number of methoxy groups -OCH3 is 1. The van der Waals surface area contributed by atoms with Crippen molar-refractivity contribution in [2.75, 3.05) is 32.1 Å². The standard InChI is InChI=1S/C13H19N3O2.ClH/c1-18-12-5-3-2-4-11(12)15-13(17)9-16-7-6-10(14)8-16;/h2-5,10H,6-9,14H2,1H3,(H,15,17);1H/t10-;/m1./s1. The molecule has 1 fully saturated rings. The molecule has 2 rings (SSSR count). The van der Waals surface area contributed by atoms with E-state index in [-0.39, 0.29) is 24.4 Å². The second-order valence-electron chi connectivity index (χ2n) is 4.53. The lowest BCUT2D eigenvalue weighted by atomic mass is 10.3. The molecule has 1 atom stereocenters. The largest absolute Gasteiger partial charge is 0.495 e. The fraction of sp³-hybridized carbons (Fsp3) is 0.462. The Bertz CT molecular complexity index is 428. The predicted octanol–water partition coefficient (Wildman–Crippen LogP) is 1.09. The minimum Gasteiger partial charge on any atom is -0.495 e. The van der Waals surface area contributed by atoms with Gasteiger partial charge < -0.3 is 15.8 Å². The second kappa shape index (κ2) is 7.33. The molecule has 1 saturated heterocycles. The Kier molecular flexibility index (Phi) is 6.08. The van der Waals surface area contributed by atoms with Gasteiger partial charge in [0.1, 0.15) is 5.75 Å². The van der Waals surface area contributed by atoms with Gasteiger partial charge in [0, 0.05) is 19.1 Å². The molecule has 1 aliphatic rings. The Morgan fingerprint density at radius 2 is 2.26 bits per heavy atom. The van der Waals surface area contributed by atoms with Gasteiger partial charge in [-0.05, 0) is 18.6 Å². The van der Waals surface area contributed by atoms with Crippen molar-refractivity contribution in [2.45, 2.75) is 12.5 Å². The highest BCUT2D eigenvalue weighted by atomic mass is 35.5. The highest BCUT2D eigenvalue weighted by molar-refractivity contribution is 5.93. The van der Waals surface area contributed by atoms with E-state index >= 15 is 0 Å². The molecule has 0 unspecified atom stereocenters. The third-order valence-corrected chi connectivity index (χ3v) is 3.06. The zero-order chi connectivity index (χ0) is 13.0. The third-order valence-electron chi connectivity index (χ3n) is 3.06. The first-order valence-electron chi connectivity index (χ1n) is 6.10. The smallest absolute Gasteiger partial charge is 0.238 e. The molecule has 0 saturated carbocycles. The Hall–Kier alpha value is -1.30.